The Bertz CT molecular complexity index is 548. The zero-order valence-electron chi connectivity index (χ0n) is 11.7. The zero-order chi connectivity index (χ0) is 14.6. The third kappa shape index (κ3) is 3.20. The first-order valence-corrected chi connectivity index (χ1v) is 8.18. The number of rotatable bonds is 5. The first-order valence-electron chi connectivity index (χ1n) is 6.74. The molecular formula is C14H21N3O2S. The van der Waals surface area contributed by atoms with Gasteiger partial charge in [0.05, 0.1) is 4.90 Å². The van der Waals surface area contributed by atoms with Crippen molar-refractivity contribution >= 4 is 10.0 Å². The van der Waals surface area contributed by atoms with Gasteiger partial charge in [0.2, 0.25) is 0 Å². The van der Waals surface area contributed by atoms with E-state index in [1.54, 1.807) is 24.3 Å². The van der Waals surface area contributed by atoms with Gasteiger partial charge in [-0.05, 0) is 45.0 Å². The van der Waals surface area contributed by atoms with Crippen molar-refractivity contribution < 1.29 is 8.42 Å². The molecular weight excluding hydrogens is 274 g/mol. The van der Waals surface area contributed by atoms with Gasteiger partial charge in [0.25, 0.3) is 10.0 Å². The quantitative estimate of drug-likeness (QED) is 0.806. The highest BCUT2D eigenvalue weighted by atomic mass is 32.2. The Morgan fingerprint density at radius 2 is 1.90 bits per heavy atom. The maximum atomic E-state index is 12.7. The topological polar surface area (TPSA) is 61.4 Å². The number of nitrogens with one attached hydrogen (secondary N) is 2. The summed E-state index contributed by atoms with van der Waals surface area (Å²) in [5, 5.41) is 3.24. The number of nitrogens with zero attached hydrogens (tertiary/aromatic N) is 1. The number of sulfonamides is 1. The van der Waals surface area contributed by atoms with Gasteiger partial charge in [-0.2, -0.15) is 0 Å². The van der Waals surface area contributed by atoms with Crippen LogP contribution in [-0.2, 0) is 10.0 Å². The molecule has 110 valence electrons. The molecule has 0 amide bonds. The minimum atomic E-state index is -3.56. The number of hydrogen-bond acceptors (Lipinski definition) is 4. The molecule has 1 aromatic carbocycles. The molecule has 0 spiro atoms. The van der Waals surface area contributed by atoms with Crippen LogP contribution in [0.3, 0.4) is 0 Å². The predicted octanol–water partition coefficient (Wildman–Crippen LogP) is 1.39. The van der Waals surface area contributed by atoms with E-state index in [1.165, 1.54) is 10.6 Å². The van der Waals surface area contributed by atoms with Crippen LogP contribution in [0.4, 0.5) is 0 Å². The van der Waals surface area contributed by atoms with Crippen molar-refractivity contribution in [1.29, 1.82) is 0 Å². The highest BCUT2D eigenvalue weighted by molar-refractivity contribution is 7.89. The summed E-state index contributed by atoms with van der Waals surface area (Å²) >= 11 is 0. The number of benzene rings is 1. The van der Waals surface area contributed by atoms with Gasteiger partial charge >= 0.3 is 0 Å². The third-order valence-electron chi connectivity index (χ3n) is 3.44. The second-order valence-corrected chi connectivity index (χ2v) is 6.74. The predicted molar refractivity (Wildman–Crippen MR) is 79.4 cm³/mol. The Morgan fingerprint density at radius 3 is 2.45 bits per heavy atom. The Kier molecular flexibility index (Phi) is 4.80. The van der Waals surface area contributed by atoms with Gasteiger partial charge in [-0.1, -0.05) is 24.3 Å². The molecule has 1 fully saturated rings. The van der Waals surface area contributed by atoms with Crippen LogP contribution in [0.25, 0.3) is 0 Å². The molecule has 2 rings (SSSR count). The van der Waals surface area contributed by atoms with E-state index >= 15 is 0 Å². The lowest BCUT2D eigenvalue weighted by Crippen LogP contribution is -2.51. The molecule has 0 radical (unpaired) electrons. The SMILES string of the molecule is C=CNN(C1CCNCC1)S(=O)(=O)c1ccc(C)cc1. The van der Waals surface area contributed by atoms with Crippen molar-refractivity contribution in [2.24, 2.45) is 0 Å². The Morgan fingerprint density at radius 1 is 1.30 bits per heavy atom. The molecule has 1 saturated heterocycles. The van der Waals surface area contributed by atoms with Crippen LogP contribution in [0.5, 0.6) is 0 Å². The summed E-state index contributed by atoms with van der Waals surface area (Å²) in [5.41, 5.74) is 3.82. The van der Waals surface area contributed by atoms with E-state index in [-0.39, 0.29) is 6.04 Å². The Hall–Kier alpha value is -1.37. The van der Waals surface area contributed by atoms with Crippen molar-refractivity contribution in [2.45, 2.75) is 30.7 Å². The molecule has 1 heterocycles. The first-order chi connectivity index (χ1) is 9.55. The van der Waals surface area contributed by atoms with Crippen LogP contribution in [-0.4, -0.2) is 32.0 Å². The average molecular weight is 295 g/mol. The summed E-state index contributed by atoms with van der Waals surface area (Å²) in [7, 11) is -3.56. The van der Waals surface area contributed by atoms with Gasteiger partial charge in [-0.3, -0.25) is 0 Å². The minimum Gasteiger partial charge on any atom is -0.317 e. The fourth-order valence-electron chi connectivity index (χ4n) is 2.33. The molecule has 6 heteroatoms. The lowest BCUT2D eigenvalue weighted by Gasteiger charge is -2.33. The van der Waals surface area contributed by atoms with Crippen LogP contribution < -0.4 is 10.7 Å². The molecule has 0 atom stereocenters. The first kappa shape index (κ1) is 15.0. The highest BCUT2D eigenvalue weighted by Gasteiger charge is 2.31. The van der Waals surface area contributed by atoms with Crippen molar-refractivity contribution in [3.8, 4) is 0 Å². The summed E-state index contributed by atoms with van der Waals surface area (Å²) in [4.78, 5) is 0.302. The molecule has 5 nitrogen and oxygen atoms in total. The van der Waals surface area contributed by atoms with Crippen molar-refractivity contribution in [1.82, 2.24) is 15.2 Å². The van der Waals surface area contributed by atoms with E-state index in [4.69, 9.17) is 0 Å². The van der Waals surface area contributed by atoms with Crippen LogP contribution in [0, 0.1) is 6.92 Å². The monoisotopic (exact) mass is 295 g/mol. The summed E-state index contributed by atoms with van der Waals surface area (Å²) in [6, 6.07) is 6.84. The average Bonchev–Trinajstić information content (AvgIpc) is 2.46. The van der Waals surface area contributed by atoms with Gasteiger partial charge < -0.3 is 10.7 Å². The van der Waals surface area contributed by atoms with E-state index < -0.39 is 10.0 Å². The number of piperidine rings is 1. The van der Waals surface area contributed by atoms with Crippen molar-refractivity contribution in [3.63, 3.8) is 0 Å². The standard InChI is InChI=1S/C14H21N3O2S/c1-3-16-17(13-8-10-15-11-9-13)20(18,19)14-6-4-12(2)5-7-14/h3-7,13,15-16H,1,8-11H2,2H3. The number of hydrazine groups is 1. The van der Waals surface area contributed by atoms with Crippen LogP contribution in [0.2, 0.25) is 0 Å². The second kappa shape index (κ2) is 6.39. The van der Waals surface area contributed by atoms with Gasteiger partial charge in [0.1, 0.15) is 0 Å². The highest BCUT2D eigenvalue weighted by Crippen LogP contribution is 2.21. The number of aryl methyl sites for hydroxylation is 1. The van der Waals surface area contributed by atoms with E-state index in [2.05, 4.69) is 17.3 Å². The van der Waals surface area contributed by atoms with E-state index in [1.807, 2.05) is 6.92 Å². The van der Waals surface area contributed by atoms with Gasteiger partial charge in [-0.25, -0.2) is 8.42 Å². The lowest BCUT2D eigenvalue weighted by atomic mass is 10.1. The van der Waals surface area contributed by atoms with Gasteiger partial charge in [0, 0.05) is 12.2 Å². The van der Waals surface area contributed by atoms with Crippen LogP contribution in [0.15, 0.2) is 41.9 Å². The molecule has 0 unspecified atom stereocenters. The van der Waals surface area contributed by atoms with Crippen LogP contribution in [0.1, 0.15) is 18.4 Å². The molecule has 20 heavy (non-hydrogen) atoms. The van der Waals surface area contributed by atoms with E-state index in [0.29, 0.717) is 4.90 Å². The molecule has 2 N–H and O–H groups in total. The van der Waals surface area contributed by atoms with E-state index in [0.717, 1.165) is 31.5 Å². The molecule has 0 aliphatic carbocycles. The molecule has 1 aliphatic rings. The maximum Gasteiger partial charge on any atom is 0.260 e. The fourth-order valence-corrected chi connectivity index (χ4v) is 3.85. The molecule has 0 aromatic heterocycles. The van der Waals surface area contributed by atoms with Crippen LogP contribution >= 0.6 is 0 Å². The van der Waals surface area contributed by atoms with E-state index in [9.17, 15) is 8.42 Å². The maximum absolute atomic E-state index is 12.7. The normalized spacial score (nSPS) is 17.1. The van der Waals surface area contributed by atoms with Crippen molar-refractivity contribution in [2.75, 3.05) is 13.1 Å². The zero-order valence-corrected chi connectivity index (χ0v) is 12.5. The Balaban J connectivity index is 2.30. The molecule has 1 aromatic rings. The summed E-state index contributed by atoms with van der Waals surface area (Å²) < 4.78 is 26.8. The molecule has 1 aliphatic heterocycles. The van der Waals surface area contributed by atoms with Gasteiger partial charge in [-0.15, -0.1) is 4.41 Å². The minimum absolute atomic E-state index is 0.0550. The third-order valence-corrected chi connectivity index (χ3v) is 5.23. The fraction of sp³-hybridized carbons (Fsp3) is 0.429. The lowest BCUT2D eigenvalue weighted by molar-refractivity contribution is 0.227. The van der Waals surface area contributed by atoms with Crippen molar-refractivity contribution in [3.05, 3.63) is 42.6 Å². The van der Waals surface area contributed by atoms with Gasteiger partial charge in [0.15, 0.2) is 0 Å². The molecule has 0 saturated carbocycles. The number of hydrogen-bond donors (Lipinski definition) is 2. The largest absolute Gasteiger partial charge is 0.317 e. The molecule has 0 bridgehead atoms. The smallest absolute Gasteiger partial charge is 0.260 e. The Labute approximate surface area is 120 Å². The second-order valence-electron chi connectivity index (χ2n) is 4.93. The summed E-state index contributed by atoms with van der Waals surface area (Å²) in [5.74, 6) is 0. The summed E-state index contributed by atoms with van der Waals surface area (Å²) in [6.07, 6.45) is 2.98. The summed E-state index contributed by atoms with van der Waals surface area (Å²) in [6.45, 7) is 7.16.